The van der Waals surface area contributed by atoms with Crippen molar-refractivity contribution in [2.75, 3.05) is 12.8 Å². The van der Waals surface area contributed by atoms with E-state index in [0.717, 1.165) is 0 Å². The van der Waals surface area contributed by atoms with Crippen LogP contribution in [0.5, 0.6) is 0 Å². The number of aromatic nitrogens is 2. The van der Waals surface area contributed by atoms with Gasteiger partial charge in [0.25, 0.3) is 5.89 Å². The summed E-state index contributed by atoms with van der Waals surface area (Å²) in [5, 5.41) is 4.22. The van der Waals surface area contributed by atoms with Gasteiger partial charge in [-0.3, -0.25) is 0 Å². The van der Waals surface area contributed by atoms with Crippen molar-refractivity contribution < 1.29 is 9.26 Å². The average Bonchev–Trinajstić information content (AvgIpc) is 2.67. The molecule has 16 heavy (non-hydrogen) atoms. The molecule has 2 rings (SSSR count). The van der Waals surface area contributed by atoms with Gasteiger partial charge in [0.15, 0.2) is 5.82 Å². The number of nitrogen functional groups attached to an aromatic ring is 1. The fourth-order valence-electron chi connectivity index (χ4n) is 1.31. The van der Waals surface area contributed by atoms with Gasteiger partial charge >= 0.3 is 0 Å². The van der Waals surface area contributed by atoms with E-state index in [9.17, 15) is 0 Å². The monoisotopic (exact) mass is 239 g/mol. The van der Waals surface area contributed by atoms with Gasteiger partial charge in [0.2, 0.25) is 0 Å². The second-order valence-corrected chi connectivity index (χ2v) is 3.56. The second-order valence-electron chi connectivity index (χ2n) is 3.15. The van der Waals surface area contributed by atoms with Crippen LogP contribution in [-0.2, 0) is 11.3 Å². The summed E-state index contributed by atoms with van der Waals surface area (Å²) >= 11 is 6.01. The molecule has 0 unspecified atom stereocenters. The van der Waals surface area contributed by atoms with Gasteiger partial charge in [-0.1, -0.05) is 22.8 Å². The quantitative estimate of drug-likeness (QED) is 0.831. The summed E-state index contributed by atoms with van der Waals surface area (Å²) < 4.78 is 9.95. The summed E-state index contributed by atoms with van der Waals surface area (Å²) in [6, 6.07) is 5.20. The second kappa shape index (κ2) is 4.51. The molecule has 0 atom stereocenters. The summed E-state index contributed by atoms with van der Waals surface area (Å²) in [6.07, 6.45) is 0. The summed E-state index contributed by atoms with van der Waals surface area (Å²) in [6.45, 7) is 0.286. The number of rotatable bonds is 3. The number of nitrogens with zero attached hydrogens (tertiary/aromatic N) is 2. The molecule has 1 aromatic carbocycles. The first-order valence-electron chi connectivity index (χ1n) is 4.58. The van der Waals surface area contributed by atoms with E-state index in [4.69, 9.17) is 26.6 Å². The van der Waals surface area contributed by atoms with Gasteiger partial charge in [0, 0.05) is 12.8 Å². The molecule has 0 amide bonds. The van der Waals surface area contributed by atoms with Gasteiger partial charge in [0.1, 0.15) is 6.61 Å². The first-order valence-corrected chi connectivity index (χ1v) is 4.96. The third kappa shape index (κ3) is 2.00. The van der Waals surface area contributed by atoms with Crippen molar-refractivity contribution in [3.8, 4) is 11.5 Å². The van der Waals surface area contributed by atoms with E-state index < -0.39 is 0 Å². The van der Waals surface area contributed by atoms with Crippen LogP contribution in [0.2, 0.25) is 5.02 Å². The van der Waals surface area contributed by atoms with Crippen LogP contribution in [0.1, 0.15) is 5.82 Å². The summed E-state index contributed by atoms with van der Waals surface area (Å²) in [5.74, 6) is 0.756. The Labute approximate surface area is 97.2 Å². The van der Waals surface area contributed by atoms with E-state index in [1.165, 1.54) is 0 Å². The maximum atomic E-state index is 6.01. The fourth-order valence-corrected chi connectivity index (χ4v) is 1.57. The summed E-state index contributed by atoms with van der Waals surface area (Å²) in [7, 11) is 1.56. The minimum atomic E-state index is 0.286. The predicted molar refractivity (Wildman–Crippen MR) is 59.9 cm³/mol. The maximum absolute atomic E-state index is 6.01. The summed E-state index contributed by atoms with van der Waals surface area (Å²) in [4.78, 5) is 4.12. The minimum absolute atomic E-state index is 0.286. The van der Waals surface area contributed by atoms with Gasteiger partial charge in [-0.15, -0.1) is 0 Å². The largest absolute Gasteiger partial charge is 0.398 e. The molecule has 0 radical (unpaired) electrons. The third-order valence-corrected chi connectivity index (χ3v) is 2.32. The van der Waals surface area contributed by atoms with E-state index in [-0.39, 0.29) is 6.61 Å². The van der Waals surface area contributed by atoms with E-state index in [1.54, 1.807) is 25.3 Å². The van der Waals surface area contributed by atoms with Crippen LogP contribution >= 0.6 is 11.6 Å². The molecule has 5 nitrogen and oxygen atoms in total. The lowest BCUT2D eigenvalue weighted by Gasteiger charge is -2.01. The molecule has 0 saturated carbocycles. The molecule has 0 aliphatic rings. The number of hydrogen-bond acceptors (Lipinski definition) is 5. The first kappa shape index (κ1) is 10.9. The SMILES string of the molecule is COCc1noc(-c2c(N)cccc2Cl)n1. The molecule has 6 heteroatoms. The number of hydrogen-bond donors (Lipinski definition) is 1. The van der Waals surface area contributed by atoms with Crippen LogP contribution < -0.4 is 5.73 Å². The number of ether oxygens (including phenoxy) is 1. The van der Waals surface area contributed by atoms with Gasteiger partial charge in [-0.2, -0.15) is 4.98 Å². The third-order valence-electron chi connectivity index (χ3n) is 2.00. The molecule has 1 aromatic heterocycles. The molecular formula is C10H10ClN3O2. The Morgan fingerprint density at radius 3 is 3.00 bits per heavy atom. The number of nitrogens with two attached hydrogens (primary N) is 1. The maximum Gasteiger partial charge on any atom is 0.261 e. The normalized spacial score (nSPS) is 10.6. The van der Waals surface area contributed by atoms with Crippen LogP contribution in [0.15, 0.2) is 22.7 Å². The zero-order chi connectivity index (χ0) is 11.5. The minimum Gasteiger partial charge on any atom is -0.398 e. The fraction of sp³-hybridized carbons (Fsp3) is 0.200. The molecular weight excluding hydrogens is 230 g/mol. The van der Waals surface area contributed by atoms with Crippen molar-refractivity contribution in [1.82, 2.24) is 10.1 Å². The van der Waals surface area contributed by atoms with E-state index in [0.29, 0.717) is 28.0 Å². The summed E-state index contributed by atoms with van der Waals surface area (Å²) in [5.41, 5.74) is 6.85. The van der Waals surface area contributed by atoms with Crippen LogP contribution in [0.3, 0.4) is 0 Å². The molecule has 0 aliphatic heterocycles. The Hall–Kier alpha value is -1.59. The Balaban J connectivity index is 2.42. The van der Waals surface area contributed by atoms with Crippen LogP contribution in [0.25, 0.3) is 11.5 Å². The number of anilines is 1. The molecule has 1 heterocycles. The van der Waals surface area contributed by atoms with Crippen molar-refractivity contribution in [3.63, 3.8) is 0 Å². The topological polar surface area (TPSA) is 74.2 Å². The van der Waals surface area contributed by atoms with Gasteiger partial charge in [-0.25, -0.2) is 0 Å². The highest BCUT2D eigenvalue weighted by molar-refractivity contribution is 6.33. The van der Waals surface area contributed by atoms with Crippen LogP contribution in [-0.4, -0.2) is 17.3 Å². The lowest BCUT2D eigenvalue weighted by atomic mass is 10.2. The lowest BCUT2D eigenvalue weighted by Crippen LogP contribution is -1.92. The number of halogens is 1. The van der Waals surface area contributed by atoms with Gasteiger partial charge in [-0.05, 0) is 12.1 Å². The molecule has 0 saturated heterocycles. The average molecular weight is 240 g/mol. The molecule has 84 valence electrons. The Morgan fingerprint density at radius 2 is 2.31 bits per heavy atom. The first-order chi connectivity index (χ1) is 7.72. The Bertz CT molecular complexity index is 478. The van der Waals surface area contributed by atoms with Crippen LogP contribution in [0, 0.1) is 0 Å². The number of methoxy groups -OCH3 is 1. The highest BCUT2D eigenvalue weighted by Crippen LogP contribution is 2.31. The van der Waals surface area contributed by atoms with Crippen LogP contribution in [0.4, 0.5) is 5.69 Å². The molecule has 0 fully saturated rings. The molecule has 0 spiro atoms. The lowest BCUT2D eigenvalue weighted by molar-refractivity contribution is 0.174. The molecule has 2 N–H and O–H groups in total. The zero-order valence-corrected chi connectivity index (χ0v) is 9.36. The molecule has 0 aliphatic carbocycles. The molecule has 2 aromatic rings. The van der Waals surface area contributed by atoms with Crippen molar-refractivity contribution >= 4 is 17.3 Å². The van der Waals surface area contributed by atoms with E-state index in [1.807, 2.05) is 0 Å². The van der Waals surface area contributed by atoms with Crippen molar-refractivity contribution in [1.29, 1.82) is 0 Å². The van der Waals surface area contributed by atoms with Gasteiger partial charge in [0.05, 0.1) is 10.6 Å². The smallest absolute Gasteiger partial charge is 0.261 e. The predicted octanol–water partition coefficient (Wildman–Crippen LogP) is 2.12. The molecule has 0 bridgehead atoms. The van der Waals surface area contributed by atoms with E-state index in [2.05, 4.69) is 10.1 Å². The highest BCUT2D eigenvalue weighted by atomic mass is 35.5. The standard InChI is InChI=1S/C10H10ClN3O2/c1-15-5-8-13-10(16-14-8)9-6(11)3-2-4-7(9)12/h2-4H,5,12H2,1H3. The van der Waals surface area contributed by atoms with Crippen molar-refractivity contribution in [3.05, 3.63) is 29.0 Å². The van der Waals surface area contributed by atoms with E-state index >= 15 is 0 Å². The van der Waals surface area contributed by atoms with Gasteiger partial charge < -0.3 is 15.0 Å². The van der Waals surface area contributed by atoms with Crippen molar-refractivity contribution in [2.24, 2.45) is 0 Å². The zero-order valence-electron chi connectivity index (χ0n) is 8.61. The number of benzene rings is 1. The Morgan fingerprint density at radius 1 is 1.50 bits per heavy atom. The highest BCUT2D eigenvalue weighted by Gasteiger charge is 2.14. The van der Waals surface area contributed by atoms with Crippen molar-refractivity contribution in [2.45, 2.75) is 6.61 Å². The Kier molecular flexibility index (Phi) is 3.07.